The molecule has 0 saturated carbocycles. The van der Waals surface area contributed by atoms with Gasteiger partial charge in [0.2, 0.25) is 0 Å². The number of nitrogens with zero attached hydrogens (tertiary/aromatic N) is 1. The minimum atomic E-state index is -0.0514. The van der Waals surface area contributed by atoms with Crippen LogP contribution in [0, 0.1) is 6.92 Å². The fourth-order valence-corrected chi connectivity index (χ4v) is 2.58. The third-order valence-electron chi connectivity index (χ3n) is 3.60. The molecular formula is C16H19N3O2. The van der Waals surface area contributed by atoms with Crippen molar-refractivity contribution in [3.8, 4) is 5.75 Å². The lowest BCUT2D eigenvalue weighted by Gasteiger charge is -2.13. The van der Waals surface area contributed by atoms with Crippen LogP contribution in [0.5, 0.6) is 5.75 Å². The molecule has 0 saturated heterocycles. The van der Waals surface area contributed by atoms with Crippen molar-refractivity contribution >= 4 is 5.91 Å². The van der Waals surface area contributed by atoms with Crippen molar-refractivity contribution in [1.82, 2.24) is 15.5 Å². The maximum absolute atomic E-state index is 12.3. The zero-order chi connectivity index (χ0) is 14.8. The topological polar surface area (TPSA) is 67.0 Å². The summed E-state index contributed by atoms with van der Waals surface area (Å²) in [7, 11) is 0. The van der Waals surface area contributed by atoms with Crippen molar-refractivity contribution in [3.63, 3.8) is 0 Å². The summed E-state index contributed by atoms with van der Waals surface area (Å²) in [5.41, 5.74) is 3.78. The lowest BCUT2D eigenvalue weighted by Crippen LogP contribution is -2.34. The van der Waals surface area contributed by atoms with Gasteiger partial charge in [0.15, 0.2) is 0 Å². The lowest BCUT2D eigenvalue weighted by atomic mass is 10.1. The lowest BCUT2D eigenvalue weighted by molar-refractivity contribution is 0.0940. The quantitative estimate of drug-likeness (QED) is 0.903. The van der Waals surface area contributed by atoms with Crippen LogP contribution in [0.4, 0.5) is 0 Å². The molecule has 110 valence electrons. The SMILES string of the molecule is Cc1cc(C[C@H](C)NC(=O)c2ccc3c(c2)CCO3)n[nH]1. The third-order valence-corrected chi connectivity index (χ3v) is 3.60. The number of aryl methyl sites for hydroxylation is 1. The molecule has 1 atom stereocenters. The number of hydrogen-bond acceptors (Lipinski definition) is 3. The smallest absolute Gasteiger partial charge is 0.251 e. The molecule has 0 bridgehead atoms. The van der Waals surface area contributed by atoms with Gasteiger partial charge in [-0.2, -0.15) is 5.10 Å². The van der Waals surface area contributed by atoms with Gasteiger partial charge < -0.3 is 10.1 Å². The molecule has 0 aliphatic carbocycles. The molecule has 0 fully saturated rings. The Morgan fingerprint density at radius 3 is 3.10 bits per heavy atom. The monoisotopic (exact) mass is 285 g/mol. The number of hydrogen-bond donors (Lipinski definition) is 2. The predicted octanol–water partition coefficient (Wildman–Crippen LogP) is 2.01. The second-order valence-corrected chi connectivity index (χ2v) is 5.54. The van der Waals surface area contributed by atoms with Gasteiger partial charge in [-0.25, -0.2) is 0 Å². The Morgan fingerprint density at radius 1 is 1.48 bits per heavy atom. The molecule has 1 amide bonds. The van der Waals surface area contributed by atoms with E-state index in [4.69, 9.17) is 4.74 Å². The van der Waals surface area contributed by atoms with Crippen molar-refractivity contribution in [1.29, 1.82) is 0 Å². The van der Waals surface area contributed by atoms with E-state index in [2.05, 4.69) is 15.5 Å². The summed E-state index contributed by atoms with van der Waals surface area (Å²) in [5, 5.41) is 10.1. The van der Waals surface area contributed by atoms with Crippen molar-refractivity contribution in [2.24, 2.45) is 0 Å². The molecule has 1 aromatic heterocycles. The molecule has 5 nitrogen and oxygen atoms in total. The van der Waals surface area contributed by atoms with Crippen LogP contribution in [-0.2, 0) is 12.8 Å². The second kappa shape index (κ2) is 5.60. The highest BCUT2D eigenvalue weighted by atomic mass is 16.5. The number of nitrogens with one attached hydrogen (secondary N) is 2. The summed E-state index contributed by atoms with van der Waals surface area (Å²) in [5.74, 6) is 0.844. The van der Waals surface area contributed by atoms with E-state index < -0.39 is 0 Å². The zero-order valence-corrected chi connectivity index (χ0v) is 12.3. The van der Waals surface area contributed by atoms with Crippen molar-refractivity contribution in [3.05, 3.63) is 46.8 Å². The van der Waals surface area contributed by atoms with E-state index in [9.17, 15) is 4.79 Å². The number of fused-ring (bicyclic) bond motifs is 1. The first-order chi connectivity index (χ1) is 10.1. The third kappa shape index (κ3) is 3.07. The molecule has 2 aromatic rings. The number of aromatic nitrogens is 2. The average Bonchev–Trinajstić information content (AvgIpc) is 3.06. The normalized spacial score (nSPS) is 14.4. The first kappa shape index (κ1) is 13.7. The van der Waals surface area contributed by atoms with Crippen molar-refractivity contribution in [2.45, 2.75) is 32.7 Å². The van der Waals surface area contributed by atoms with Gasteiger partial charge in [0, 0.05) is 30.1 Å². The molecule has 1 aliphatic heterocycles. The van der Waals surface area contributed by atoms with Crippen LogP contribution in [0.3, 0.4) is 0 Å². The maximum atomic E-state index is 12.3. The average molecular weight is 285 g/mol. The Kier molecular flexibility index (Phi) is 3.64. The Balaban J connectivity index is 1.63. The van der Waals surface area contributed by atoms with E-state index in [-0.39, 0.29) is 11.9 Å². The summed E-state index contributed by atoms with van der Waals surface area (Å²) < 4.78 is 5.45. The van der Waals surface area contributed by atoms with E-state index in [1.54, 1.807) is 0 Å². The summed E-state index contributed by atoms with van der Waals surface area (Å²) in [6.45, 7) is 4.65. The number of amides is 1. The number of H-pyrrole nitrogens is 1. The van der Waals surface area contributed by atoms with E-state index in [1.807, 2.05) is 38.1 Å². The molecule has 2 heterocycles. The highest BCUT2D eigenvalue weighted by Gasteiger charge is 2.16. The minimum absolute atomic E-state index is 0.0321. The van der Waals surface area contributed by atoms with E-state index in [1.165, 1.54) is 0 Å². The second-order valence-electron chi connectivity index (χ2n) is 5.54. The molecule has 1 aliphatic rings. The van der Waals surface area contributed by atoms with Gasteiger partial charge in [-0.1, -0.05) is 0 Å². The highest BCUT2D eigenvalue weighted by molar-refractivity contribution is 5.94. The molecule has 0 unspecified atom stereocenters. The van der Waals surface area contributed by atoms with Gasteiger partial charge in [0.05, 0.1) is 12.3 Å². The number of rotatable bonds is 4. The van der Waals surface area contributed by atoms with Gasteiger partial charge in [0.25, 0.3) is 5.91 Å². The molecule has 0 radical (unpaired) electrons. The number of ether oxygens (including phenoxy) is 1. The molecule has 1 aromatic carbocycles. The summed E-state index contributed by atoms with van der Waals surface area (Å²) in [4.78, 5) is 12.3. The van der Waals surface area contributed by atoms with Gasteiger partial charge in [0.1, 0.15) is 5.75 Å². The Labute approximate surface area is 123 Å². The number of carbonyl (C=O) groups excluding carboxylic acids is 1. The summed E-state index contributed by atoms with van der Waals surface area (Å²) in [6.07, 6.45) is 1.59. The van der Waals surface area contributed by atoms with Gasteiger partial charge in [-0.05, 0) is 43.7 Å². The van der Waals surface area contributed by atoms with Crippen LogP contribution in [-0.4, -0.2) is 28.8 Å². The van der Waals surface area contributed by atoms with Crippen LogP contribution >= 0.6 is 0 Å². The van der Waals surface area contributed by atoms with E-state index >= 15 is 0 Å². The largest absolute Gasteiger partial charge is 0.493 e. The van der Waals surface area contributed by atoms with E-state index in [0.29, 0.717) is 18.6 Å². The fraction of sp³-hybridized carbons (Fsp3) is 0.375. The van der Waals surface area contributed by atoms with Gasteiger partial charge in [-0.15, -0.1) is 0 Å². The molecule has 21 heavy (non-hydrogen) atoms. The standard InChI is InChI=1S/C16H19N3O2/c1-10(7-14-8-11(2)18-19-14)17-16(20)13-3-4-15-12(9-13)5-6-21-15/h3-4,8-10H,5-7H2,1-2H3,(H,17,20)(H,18,19)/t10-/m0/s1. The number of carbonyl (C=O) groups is 1. The predicted molar refractivity (Wildman–Crippen MR) is 79.6 cm³/mol. The zero-order valence-electron chi connectivity index (χ0n) is 12.3. The van der Waals surface area contributed by atoms with Crippen LogP contribution in [0.15, 0.2) is 24.3 Å². The summed E-state index contributed by atoms with van der Waals surface area (Å²) in [6, 6.07) is 7.63. The summed E-state index contributed by atoms with van der Waals surface area (Å²) >= 11 is 0. The molecule has 5 heteroatoms. The Hall–Kier alpha value is -2.30. The maximum Gasteiger partial charge on any atom is 0.251 e. The van der Waals surface area contributed by atoms with Crippen molar-refractivity contribution < 1.29 is 9.53 Å². The van der Waals surface area contributed by atoms with Crippen LogP contribution < -0.4 is 10.1 Å². The number of benzene rings is 1. The van der Waals surface area contributed by atoms with Crippen molar-refractivity contribution in [2.75, 3.05) is 6.61 Å². The highest BCUT2D eigenvalue weighted by Crippen LogP contribution is 2.25. The molecule has 3 rings (SSSR count). The molecule has 0 spiro atoms. The van der Waals surface area contributed by atoms with Gasteiger partial charge >= 0.3 is 0 Å². The van der Waals surface area contributed by atoms with Crippen LogP contribution in [0.25, 0.3) is 0 Å². The van der Waals surface area contributed by atoms with Crippen LogP contribution in [0.2, 0.25) is 0 Å². The Morgan fingerprint density at radius 2 is 2.33 bits per heavy atom. The Bertz CT molecular complexity index is 663. The molecule has 2 N–H and O–H groups in total. The first-order valence-electron chi connectivity index (χ1n) is 7.19. The fourth-order valence-electron chi connectivity index (χ4n) is 2.58. The minimum Gasteiger partial charge on any atom is -0.493 e. The first-order valence-corrected chi connectivity index (χ1v) is 7.19. The van der Waals surface area contributed by atoms with Gasteiger partial charge in [-0.3, -0.25) is 9.89 Å². The van der Waals surface area contributed by atoms with E-state index in [0.717, 1.165) is 29.1 Å². The number of aromatic amines is 1. The molecular weight excluding hydrogens is 266 g/mol. The van der Waals surface area contributed by atoms with Crippen LogP contribution in [0.1, 0.15) is 34.2 Å².